The van der Waals surface area contributed by atoms with Crippen LogP contribution in [0.4, 0.5) is 5.95 Å². The average molecular weight is 311 g/mol. The van der Waals surface area contributed by atoms with Crippen LogP contribution in [0.1, 0.15) is 25.5 Å². The molecule has 0 unspecified atom stereocenters. The molecular formula is C18H21N3O2. The molecule has 23 heavy (non-hydrogen) atoms. The molecule has 0 saturated heterocycles. The molecule has 120 valence electrons. The Labute approximate surface area is 135 Å². The molecule has 0 aliphatic rings. The molecular weight excluding hydrogens is 290 g/mol. The van der Waals surface area contributed by atoms with Gasteiger partial charge in [-0.2, -0.15) is 0 Å². The molecule has 0 aliphatic carbocycles. The lowest BCUT2D eigenvalue weighted by atomic mass is 10.2. The Balaban J connectivity index is 1.91. The Bertz CT molecular complexity index is 824. The van der Waals surface area contributed by atoms with Gasteiger partial charge in [0.05, 0.1) is 18.1 Å². The molecule has 0 bridgehead atoms. The number of methoxy groups -OCH3 is 1. The Morgan fingerprint density at radius 2 is 2.00 bits per heavy atom. The first kappa shape index (κ1) is 15.2. The van der Waals surface area contributed by atoms with Gasteiger partial charge in [0, 0.05) is 18.2 Å². The van der Waals surface area contributed by atoms with E-state index in [2.05, 4.69) is 34.8 Å². The number of aromatic hydroxyl groups is 1. The topological polar surface area (TPSA) is 59.3 Å². The summed E-state index contributed by atoms with van der Waals surface area (Å²) in [5.74, 6) is 1.76. The van der Waals surface area contributed by atoms with Crippen LogP contribution in [0.15, 0.2) is 42.5 Å². The molecule has 0 amide bonds. The molecule has 0 spiro atoms. The normalized spacial score (nSPS) is 11.1. The largest absolute Gasteiger partial charge is 0.508 e. The van der Waals surface area contributed by atoms with Crippen LogP contribution in [-0.4, -0.2) is 21.8 Å². The van der Waals surface area contributed by atoms with Crippen molar-refractivity contribution in [3.63, 3.8) is 0 Å². The van der Waals surface area contributed by atoms with Crippen LogP contribution in [0.2, 0.25) is 0 Å². The van der Waals surface area contributed by atoms with Gasteiger partial charge in [-0.25, -0.2) is 4.98 Å². The number of hydrogen-bond acceptors (Lipinski definition) is 4. The fourth-order valence-electron chi connectivity index (χ4n) is 2.70. The van der Waals surface area contributed by atoms with E-state index in [9.17, 15) is 5.11 Å². The lowest BCUT2D eigenvalue weighted by molar-refractivity contribution is 0.411. The van der Waals surface area contributed by atoms with Crippen molar-refractivity contribution in [2.75, 3.05) is 12.4 Å². The minimum atomic E-state index is 0.241. The second-order valence-electron chi connectivity index (χ2n) is 5.74. The second-order valence-corrected chi connectivity index (χ2v) is 5.74. The van der Waals surface area contributed by atoms with Crippen molar-refractivity contribution in [2.45, 2.75) is 26.4 Å². The number of anilines is 1. The average Bonchev–Trinajstić information content (AvgIpc) is 2.92. The highest BCUT2D eigenvalue weighted by atomic mass is 16.5. The second kappa shape index (κ2) is 6.20. The van der Waals surface area contributed by atoms with Gasteiger partial charge in [0.1, 0.15) is 11.5 Å². The standard InChI is InChI=1S/C18H21N3O2/c1-12(2)21-16-7-5-4-6-15(16)20-18(21)19-11-13-10-14(23-3)8-9-17(13)22/h4-10,12,22H,11H2,1-3H3,(H,19,20). The maximum Gasteiger partial charge on any atom is 0.204 e. The van der Waals surface area contributed by atoms with Gasteiger partial charge in [0.2, 0.25) is 5.95 Å². The first-order valence-electron chi connectivity index (χ1n) is 7.67. The van der Waals surface area contributed by atoms with Gasteiger partial charge in [0.15, 0.2) is 0 Å². The molecule has 0 atom stereocenters. The number of fused-ring (bicyclic) bond motifs is 1. The van der Waals surface area contributed by atoms with Crippen LogP contribution in [0.25, 0.3) is 11.0 Å². The molecule has 5 heteroatoms. The first-order chi connectivity index (χ1) is 11.1. The van der Waals surface area contributed by atoms with E-state index in [-0.39, 0.29) is 11.8 Å². The van der Waals surface area contributed by atoms with Crippen molar-refractivity contribution in [2.24, 2.45) is 0 Å². The number of aromatic nitrogens is 2. The van der Waals surface area contributed by atoms with E-state index < -0.39 is 0 Å². The van der Waals surface area contributed by atoms with Crippen molar-refractivity contribution >= 4 is 17.0 Å². The zero-order chi connectivity index (χ0) is 16.4. The van der Waals surface area contributed by atoms with E-state index in [1.54, 1.807) is 19.2 Å². The van der Waals surface area contributed by atoms with Gasteiger partial charge >= 0.3 is 0 Å². The van der Waals surface area contributed by atoms with Gasteiger partial charge in [-0.3, -0.25) is 0 Å². The molecule has 0 aliphatic heterocycles. The van der Waals surface area contributed by atoms with Gasteiger partial charge in [0.25, 0.3) is 0 Å². The molecule has 5 nitrogen and oxygen atoms in total. The number of rotatable bonds is 5. The highest BCUT2D eigenvalue weighted by Gasteiger charge is 2.13. The Morgan fingerprint density at radius 3 is 2.74 bits per heavy atom. The van der Waals surface area contributed by atoms with Crippen LogP contribution in [0, 0.1) is 0 Å². The number of benzene rings is 2. The van der Waals surface area contributed by atoms with Crippen LogP contribution in [-0.2, 0) is 6.54 Å². The van der Waals surface area contributed by atoms with E-state index >= 15 is 0 Å². The summed E-state index contributed by atoms with van der Waals surface area (Å²) in [6.07, 6.45) is 0. The Kier molecular flexibility index (Phi) is 4.10. The zero-order valence-electron chi connectivity index (χ0n) is 13.6. The quantitative estimate of drug-likeness (QED) is 0.749. The molecule has 2 aromatic carbocycles. The number of imidazole rings is 1. The monoisotopic (exact) mass is 311 g/mol. The van der Waals surface area contributed by atoms with E-state index in [0.29, 0.717) is 6.54 Å². The van der Waals surface area contributed by atoms with Crippen LogP contribution >= 0.6 is 0 Å². The number of nitrogens with one attached hydrogen (secondary N) is 1. The Hall–Kier alpha value is -2.69. The van der Waals surface area contributed by atoms with Gasteiger partial charge < -0.3 is 19.7 Å². The number of hydrogen-bond donors (Lipinski definition) is 2. The Morgan fingerprint density at radius 1 is 1.22 bits per heavy atom. The zero-order valence-corrected chi connectivity index (χ0v) is 13.6. The summed E-state index contributed by atoms with van der Waals surface area (Å²) in [5.41, 5.74) is 2.82. The van der Waals surface area contributed by atoms with Crippen molar-refractivity contribution < 1.29 is 9.84 Å². The van der Waals surface area contributed by atoms with Crippen LogP contribution < -0.4 is 10.1 Å². The number of para-hydroxylation sites is 2. The van der Waals surface area contributed by atoms with Crippen molar-refractivity contribution in [1.82, 2.24) is 9.55 Å². The lowest BCUT2D eigenvalue weighted by Crippen LogP contribution is -2.09. The minimum absolute atomic E-state index is 0.241. The fraction of sp³-hybridized carbons (Fsp3) is 0.278. The van der Waals surface area contributed by atoms with E-state index in [4.69, 9.17) is 4.74 Å². The number of nitrogens with zero attached hydrogens (tertiary/aromatic N) is 2. The molecule has 2 N–H and O–H groups in total. The van der Waals surface area contributed by atoms with Gasteiger partial charge in [-0.05, 0) is 44.2 Å². The maximum absolute atomic E-state index is 10.0. The summed E-state index contributed by atoms with van der Waals surface area (Å²) in [4.78, 5) is 4.66. The summed E-state index contributed by atoms with van der Waals surface area (Å²) >= 11 is 0. The summed E-state index contributed by atoms with van der Waals surface area (Å²) in [6.45, 7) is 4.73. The highest BCUT2D eigenvalue weighted by molar-refractivity contribution is 5.78. The van der Waals surface area contributed by atoms with Crippen LogP contribution in [0.5, 0.6) is 11.5 Å². The number of ether oxygens (including phenoxy) is 1. The van der Waals surface area contributed by atoms with E-state index in [1.165, 1.54) is 0 Å². The summed E-state index contributed by atoms with van der Waals surface area (Å²) in [7, 11) is 1.61. The minimum Gasteiger partial charge on any atom is -0.508 e. The fourth-order valence-corrected chi connectivity index (χ4v) is 2.70. The van der Waals surface area contributed by atoms with Crippen molar-refractivity contribution in [1.29, 1.82) is 0 Å². The molecule has 1 aromatic heterocycles. The number of phenolic OH excluding ortho intramolecular Hbond substituents is 1. The van der Waals surface area contributed by atoms with E-state index in [0.717, 1.165) is 28.3 Å². The van der Waals surface area contributed by atoms with Crippen molar-refractivity contribution in [3.8, 4) is 11.5 Å². The third kappa shape index (κ3) is 2.95. The number of phenols is 1. The van der Waals surface area contributed by atoms with Gasteiger partial charge in [-0.1, -0.05) is 12.1 Å². The molecule has 1 heterocycles. The summed E-state index contributed by atoms with van der Waals surface area (Å²) < 4.78 is 7.37. The third-order valence-corrected chi connectivity index (χ3v) is 3.84. The smallest absolute Gasteiger partial charge is 0.204 e. The highest BCUT2D eigenvalue weighted by Crippen LogP contribution is 2.27. The van der Waals surface area contributed by atoms with Gasteiger partial charge in [-0.15, -0.1) is 0 Å². The predicted octanol–water partition coefficient (Wildman–Crippen LogP) is 3.94. The van der Waals surface area contributed by atoms with E-state index in [1.807, 2.05) is 24.3 Å². The first-order valence-corrected chi connectivity index (χ1v) is 7.67. The molecule has 0 saturated carbocycles. The summed E-state index contributed by atoms with van der Waals surface area (Å²) in [6, 6.07) is 13.6. The molecule has 3 rings (SSSR count). The van der Waals surface area contributed by atoms with Crippen LogP contribution in [0.3, 0.4) is 0 Å². The molecule has 3 aromatic rings. The molecule has 0 fully saturated rings. The van der Waals surface area contributed by atoms with Crippen molar-refractivity contribution in [3.05, 3.63) is 48.0 Å². The maximum atomic E-state index is 10.0. The predicted molar refractivity (Wildman–Crippen MR) is 92.1 cm³/mol. The SMILES string of the molecule is COc1ccc(O)c(CNc2nc3ccccc3n2C(C)C)c1. The summed E-state index contributed by atoms with van der Waals surface area (Å²) in [5, 5.41) is 13.3. The lowest BCUT2D eigenvalue weighted by Gasteiger charge is -2.15. The third-order valence-electron chi connectivity index (χ3n) is 3.84. The molecule has 0 radical (unpaired) electrons.